The van der Waals surface area contributed by atoms with E-state index in [4.69, 9.17) is 4.74 Å². The van der Waals surface area contributed by atoms with E-state index < -0.39 is 0 Å². The van der Waals surface area contributed by atoms with Crippen molar-refractivity contribution in [1.82, 2.24) is 9.47 Å². The zero-order valence-corrected chi connectivity index (χ0v) is 15.4. The van der Waals surface area contributed by atoms with Gasteiger partial charge in [0.1, 0.15) is 6.54 Å². The molecule has 1 fully saturated rings. The summed E-state index contributed by atoms with van der Waals surface area (Å²) in [6.45, 7) is 4.49. The number of pyridine rings is 1. The third kappa shape index (κ3) is 3.38. The van der Waals surface area contributed by atoms with Gasteiger partial charge in [0.2, 0.25) is 5.91 Å². The first-order chi connectivity index (χ1) is 13.1. The number of hydrogen-bond donors (Lipinski definition) is 0. The summed E-state index contributed by atoms with van der Waals surface area (Å²) in [5, 5.41) is 0.673. The number of fused-ring (bicyclic) bond motifs is 1. The van der Waals surface area contributed by atoms with Crippen LogP contribution >= 0.6 is 0 Å². The number of amides is 1. The predicted octanol–water partition coefficient (Wildman–Crippen LogP) is 2.84. The molecule has 1 saturated heterocycles. The summed E-state index contributed by atoms with van der Waals surface area (Å²) in [7, 11) is 0. The van der Waals surface area contributed by atoms with Crippen LogP contribution in [0.1, 0.15) is 5.56 Å². The molecule has 0 radical (unpaired) electrons. The number of nitrogens with zero attached hydrogens (tertiary/aromatic N) is 2. The molecule has 0 N–H and O–H groups in total. The normalized spacial score (nSPS) is 14.5. The summed E-state index contributed by atoms with van der Waals surface area (Å²) in [5.74, 6) is 0.0435. The van der Waals surface area contributed by atoms with Gasteiger partial charge in [0.15, 0.2) is 5.43 Å². The van der Waals surface area contributed by atoms with Crippen LogP contribution in [0.5, 0.6) is 0 Å². The maximum atomic E-state index is 12.9. The number of rotatable bonds is 3. The molecule has 2 heterocycles. The van der Waals surface area contributed by atoms with Gasteiger partial charge < -0.3 is 14.2 Å². The number of carbonyl (C=O) groups is 1. The van der Waals surface area contributed by atoms with Crippen molar-refractivity contribution < 1.29 is 9.53 Å². The average Bonchev–Trinajstić information content (AvgIpc) is 2.71. The molecule has 0 aliphatic carbocycles. The fourth-order valence-corrected chi connectivity index (χ4v) is 3.67. The minimum Gasteiger partial charge on any atom is -0.378 e. The highest BCUT2D eigenvalue weighted by Crippen LogP contribution is 2.24. The second-order valence-electron chi connectivity index (χ2n) is 6.81. The molecule has 1 amide bonds. The van der Waals surface area contributed by atoms with Crippen LogP contribution in [-0.2, 0) is 16.1 Å². The first-order valence-electron chi connectivity index (χ1n) is 9.19. The second kappa shape index (κ2) is 7.37. The molecule has 5 heteroatoms. The van der Waals surface area contributed by atoms with Crippen LogP contribution in [0.4, 0.5) is 0 Å². The van der Waals surface area contributed by atoms with Crippen LogP contribution in [-0.4, -0.2) is 41.7 Å². The van der Waals surface area contributed by atoms with Gasteiger partial charge >= 0.3 is 0 Å². The maximum Gasteiger partial charge on any atom is 0.242 e. The number of carbonyl (C=O) groups excluding carboxylic acids is 1. The molecule has 138 valence electrons. The lowest BCUT2D eigenvalue weighted by atomic mass is 10.0. The Morgan fingerprint density at radius 3 is 2.52 bits per heavy atom. The smallest absolute Gasteiger partial charge is 0.242 e. The molecule has 0 unspecified atom stereocenters. The Morgan fingerprint density at radius 2 is 1.78 bits per heavy atom. The van der Waals surface area contributed by atoms with Gasteiger partial charge in [-0.15, -0.1) is 0 Å². The Hall–Kier alpha value is -2.92. The molecule has 5 nitrogen and oxygen atoms in total. The zero-order chi connectivity index (χ0) is 18.8. The maximum absolute atomic E-state index is 12.9. The Labute approximate surface area is 157 Å². The molecule has 0 spiro atoms. The van der Waals surface area contributed by atoms with E-state index in [1.54, 1.807) is 6.07 Å². The quantitative estimate of drug-likeness (QED) is 0.720. The number of morpholine rings is 1. The fraction of sp³-hybridized carbons (Fsp3) is 0.273. The van der Waals surface area contributed by atoms with Gasteiger partial charge in [-0.3, -0.25) is 9.59 Å². The molecule has 2 aromatic carbocycles. The molecule has 0 atom stereocenters. The number of aryl methyl sites for hydroxylation is 1. The van der Waals surface area contributed by atoms with Crippen LogP contribution in [0.3, 0.4) is 0 Å². The van der Waals surface area contributed by atoms with Gasteiger partial charge in [-0.05, 0) is 24.1 Å². The molecular weight excluding hydrogens is 340 g/mol. The summed E-state index contributed by atoms with van der Waals surface area (Å²) in [4.78, 5) is 27.6. The predicted molar refractivity (Wildman–Crippen MR) is 106 cm³/mol. The van der Waals surface area contributed by atoms with E-state index in [0.717, 1.165) is 22.3 Å². The average molecular weight is 362 g/mol. The zero-order valence-electron chi connectivity index (χ0n) is 15.4. The van der Waals surface area contributed by atoms with E-state index >= 15 is 0 Å². The first kappa shape index (κ1) is 17.5. The molecule has 4 rings (SSSR count). The molecule has 3 aromatic rings. The summed E-state index contributed by atoms with van der Waals surface area (Å²) >= 11 is 0. The fourth-order valence-electron chi connectivity index (χ4n) is 3.67. The highest BCUT2D eigenvalue weighted by Gasteiger charge is 2.20. The van der Waals surface area contributed by atoms with Crippen molar-refractivity contribution in [3.63, 3.8) is 0 Å². The van der Waals surface area contributed by atoms with Crippen LogP contribution < -0.4 is 5.43 Å². The lowest BCUT2D eigenvalue weighted by molar-refractivity contribution is -0.135. The second-order valence-corrected chi connectivity index (χ2v) is 6.81. The molecular formula is C22H22N2O3. The van der Waals surface area contributed by atoms with Crippen molar-refractivity contribution in [1.29, 1.82) is 0 Å². The van der Waals surface area contributed by atoms with Crippen molar-refractivity contribution in [2.75, 3.05) is 26.3 Å². The van der Waals surface area contributed by atoms with Gasteiger partial charge in [-0.2, -0.15) is 0 Å². The monoisotopic (exact) mass is 362 g/mol. The number of hydrogen-bond acceptors (Lipinski definition) is 3. The van der Waals surface area contributed by atoms with E-state index in [1.165, 1.54) is 0 Å². The first-order valence-corrected chi connectivity index (χ1v) is 9.19. The van der Waals surface area contributed by atoms with Gasteiger partial charge in [-0.1, -0.05) is 42.5 Å². The Bertz CT molecular complexity index is 1030. The summed E-state index contributed by atoms with van der Waals surface area (Å²) in [6, 6.07) is 17.2. The Morgan fingerprint density at radius 1 is 1.04 bits per heavy atom. The van der Waals surface area contributed by atoms with Crippen LogP contribution in [0.15, 0.2) is 59.4 Å². The number of aromatic nitrogens is 1. The molecule has 27 heavy (non-hydrogen) atoms. The van der Waals surface area contributed by atoms with Crippen molar-refractivity contribution in [3.8, 4) is 11.3 Å². The van der Waals surface area contributed by atoms with E-state index in [9.17, 15) is 9.59 Å². The molecule has 1 aliphatic heterocycles. The minimum atomic E-state index is -0.0166. The van der Waals surface area contributed by atoms with E-state index in [-0.39, 0.29) is 17.9 Å². The highest BCUT2D eigenvalue weighted by molar-refractivity contribution is 5.87. The largest absolute Gasteiger partial charge is 0.378 e. The van der Waals surface area contributed by atoms with Gasteiger partial charge in [0.25, 0.3) is 0 Å². The van der Waals surface area contributed by atoms with Crippen molar-refractivity contribution in [3.05, 3.63) is 70.4 Å². The third-order valence-corrected chi connectivity index (χ3v) is 5.07. The summed E-state index contributed by atoms with van der Waals surface area (Å²) < 4.78 is 7.32. The van der Waals surface area contributed by atoms with E-state index in [2.05, 4.69) is 0 Å². The molecule has 1 aromatic heterocycles. The van der Waals surface area contributed by atoms with Gasteiger partial charge in [0.05, 0.1) is 24.4 Å². The van der Waals surface area contributed by atoms with Crippen molar-refractivity contribution in [2.45, 2.75) is 13.5 Å². The lowest BCUT2D eigenvalue weighted by Crippen LogP contribution is -2.42. The summed E-state index contributed by atoms with van der Waals surface area (Å²) in [5.41, 5.74) is 3.39. The van der Waals surface area contributed by atoms with Crippen molar-refractivity contribution in [2.24, 2.45) is 0 Å². The highest BCUT2D eigenvalue weighted by atomic mass is 16.5. The van der Waals surface area contributed by atoms with E-state index in [1.807, 2.05) is 64.9 Å². The number of benzene rings is 2. The number of ether oxygens (including phenoxy) is 1. The summed E-state index contributed by atoms with van der Waals surface area (Å²) in [6.07, 6.45) is 0. The molecule has 1 aliphatic rings. The van der Waals surface area contributed by atoms with Crippen molar-refractivity contribution >= 4 is 16.8 Å². The Kier molecular flexibility index (Phi) is 4.77. The van der Waals surface area contributed by atoms with Crippen LogP contribution in [0, 0.1) is 6.92 Å². The standard InChI is InChI=1S/C22H22N2O3/c1-16-6-5-9-18-22(16)20(25)14-19(17-7-3-2-4-8-17)24(18)15-21(26)23-10-12-27-13-11-23/h2-9,14H,10-13,15H2,1H3. The van der Waals surface area contributed by atoms with Crippen LogP contribution in [0.25, 0.3) is 22.2 Å². The van der Waals surface area contributed by atoms with Crippen LogP contribution in [0.2, 0.25) is 0 Å². The van der Waals surface area contributed by atoms with Gasteiger partial charge in [0, 0.05) is 24.5 Å². The molecule has 0 saturated carbocycles. The SMILES string of the molecule is Cc1cccc2c1c(=O)cc(-c1ccccc1)n2CC(=O)N1CCOCC1. The third-order valence-electron chi connectivity index (χ3n) is 5.07. The topological polar surface area (TPSA) is 51.5 Å². The minimum absolute atomic E-state index is 0.0166. The lowest BCUT2D eigenvalue weighted by Gasteiger charge is -2.28. The molecule has 0 bridgehead atoms. The van der Waals surface area contributed by atoms with Gasteiger partial charge in [-0.25, -0.2) is 0 Å². The van der Waals surface area contributed by atoms with E-state index in [0.29, 0.717) is 31.7 Å². The Balaban J connectivity index is 1.88.